The highest BCUT2D eigenvalue weighted by Crippen LogP contribution is 2.65. The van der Waals surface area contributed by atoms with E-state index in [1.54, 1.807) is 0 Å². The van der Waals surface area contributed by atoms with Gasteiger partial charge >= 0.3 is 0 Å². The Morgan fingerprint density at radius 3 is 2.79 bits per heavy atom. The van der Waals surface area contributed by atoms with Crippen molar-refractivity contribution in [1.29, 1.82) is 0 Å². The largest absolute Gasteiger partial charge is 0.391 e. The van der Waals surface area contributed by atoms with Crippen LogP contribution in [0.15, 0.2) is 29.0 Å². The molecule has 1 N–H and O–H groups in total. The van der Waals surface area contributed by atoms with Crippen molar-refractivity contribution in [3.05, 3.63) is 23.8 Å². The summed E-state index contributed by atoms with van der Waals surface area (Å²) in [7, 11) is 0. The van der Waals surface area contributed by atoms with Crippen molar-refractivity contribution in [2.45, 2.75) is 71.8 Å². The fraction of sp³-hybridized carbons (Fsp3) is 0.760. The van der Waals surface area contributed by atoms with Gasteiger partial charge in [0.05, 0.1) is 5.71 Å². The number of carbonyl (C=O) groups excluding carboxylic acids is 1. The highest BCUT2D eigenvalue weighted by molar-refractivity contribution is 5.97. The summed E-state index contributed by atoms with van der Waals surface area (Å²) in [5, 5.41) is 7.85. The second-order valence-corrected chi connectivity index (χ2v) is 10.9. The maximum atomic E-state index is 12.9. The smallest absolute Gasteiger partial charge is 0.141 e. The molecule has 4 fully saturated rings. The first-order valence-electron chi connectivity index (χ1n) is 11.7. The Kier molecular flexibility index (Phi) is 4.58. The van der Waals surface area contributed by atoms with Gasteiger partial charge in [-0.3, -0.25) is 4.79 Å². The maximum Gasteiger partial charge on any atom is 0.141 e. The quantitative estimate of drug-likeness (QED) is 0.691. The lowest BCUT2D eigenvalue weighted by Gasteiger charge is -2.57. The van der Waals surface area contributed by atoms with E-state index in [1.165, 1.54) is 17.6 Å². The molecule has 1 aliphatic heterocycles. The van der Waals surface area contributed by atoms with E-state index in [2.05, 4.69) is 43.9 Å². The van der Waals surface area contributed by atoms with Crippen LogP contribution in [0.5, 0.6) is 0 Å². The molecule has 0 radical (unpaired) electrons. The number of nitrogens with zero attached hydrogens (tertiary/aromatic N) is 1. The molecule has 0 spiro atoms. The number of hydrogen-bond acceptors (Lipinski definition) is 4. The molecule has 0 bridgehead atoms. The summed E-state index contributed by atoms with van der Waals surface area (Å²) in [4.78, 5) is 18.7. The summed E-state index contributed by atoms with van der Waals surface area (Å²) in [5.74, 6) is 2.56. The summed E-state index contributed by atoms with van der Waals surface area (Å²) in [6.07, 6.45) is 10.0. The molecule has 0 aromatic heterocycles. The van der Waals surface area contributed by atoms with E-state index in [-0.39, 0.29) is 22.9 Å². The monoisotopic (exact) mass is 396 g/mol. The van der Waals surface area contributed by atoms with Gasteiger partial charge in [-0.15, -0.1) is 0 Å². The van der Waals surface area contributed by atoms with Crippen molar-refractivity contribution in [2.75, 3.05) is 13.1 Å². The maximum absolute atomic E-state index is 12.9. The Bertz CT molecular complexity index is 793. The molecule has 1 heterocycles. The Morgan fingerprint density at radius 1 is 1.21 bits per heavy atom. The van der Waals surface area contributed by atoms with Crippen molar-refractivity contribution in [1.82, 2.24) is 5.32 Å². The second-order valence-electron chi connectivity index (χ2n) is 10.9. The predicted molar refractivity (Wildman–Crippen MR) is 116 cm³/mol. The Hall–Kier alpha value is -1.42. The number of nitrogens with one attached hydrogen (secondary N) is 1. The third-order valence-corrected chi connectivity index (χ3v) is 9.29. The Morgan fingerprint density at radius 2 is 2.03 bits per heavy atom. The molecule has 0 aromatic rings. The predicted octanol–water partition coefficient (Wildman–Crippen LogP) is 4.66. The van der Waals surface area contributed by atoms with E-state index in [0.717, 1.165) is 57.3 Å². The first-order chi connectivity index (χ1) is 13.8. The van der Waals surface area contributed by atoms with Crippen LogP contribution < -0.4 is 5.32 Å². The summed E-state index contributed by atoms with van der Waals surface area (Å²) >= 11 is 0. The summed E-state index contributed by atoms with van der Waals surface area (Å²) in [5.41, 5.74) is 3.85. The summed E-state index contributed by atoms with van der Waals surface area (Å²) in [6.45, 7) is 13.3. The Balaban J connectivity index is 1.41. The van der Waals surface area contributed by atoms with E-state index in [4.69, 9.17) is 4.84 Å². The molecule has 4 heteroatoms. The van der Waals surface area contributed by atoms with Gasteiger partial charge in [0, 0.05) is 24.3 Å². The molecule has 5 rings (SSSR count). The van der Waals surface area contributed by atoms with Crippen molar-refractivity contribution in [2.24, 2.45) is 39.7 Å². The van der Waals surface area contributed by atoms with Gasteiger partial charge in [0.1, 0.15) is 11.9 Å². The molecule has 3 saturated carbocycles. The minimum Gasteiger partial charge on any atom is -0.391 e. The van der Waals surface area contributed by atoms with Gasteiger partial charge in [0.15, 0.2) is 0 Å². The lowest BCUT2D eigenvalue weighted by Crippen LogP contribution is -2.51. The van der Waals surface area contributed by atoms with Crippen LogP contribution in [0.1, 0.15) is 65.7 Å². The average molecular weight is 397 g/mol. The first-order valence-corrected chi connectivity index (χ1v) is 11.7. The van der Waals surface area contributed by atoms with Gasteiger partial charge < -0.3 is 10.2 Å². The SMILES string of the molecule is C=C1CC2C(CC[C@]3(C)C(=O)C(C)CC23)[C@@]2(C)CCC(=NOC3CCNC3)C=C12. The summed E-state index contributed by atoms with van der Waals surface area (Å²) < 4.78 is 0. The van der Waals surface area contributed by atoms with E-state index < -0.39 is 0 Å². The van der Waals surface area contributed by atoms with Crippen molar-refractivity contribution in [3.8, 4) is 0 Å². The minimum atomic E-state index is -0.0944. The standard InChI is InChI=1S/C25H36N2O2/c1-15-11-19-20(6-9-25(4)22(19)12-16(2)23(25)28)24(3)8-5-17(13-21(15)24)27-29-18-7-10-26-14-18/h13,16,18-20,22,26H,1,5-12,14H2,2-4H3/t16?,18?,19?,20?,22?,24-,25+/m1/s1. The lowest BCUT2D eigenvalue weighted by molar-refractivity contribution is -0.133. The number of carbonyl (C=O) groups is 1. The number of Topliss-reactive ketones (excluding diaryl/α,β-unsaturated/α-hetero) is 1. The number of allylic oxidation sites excluding steroid dienone is 3. The second kappa shape index (κ2) is 6.80. The highest BCUT2D eigenvalue weighted by atomic mass is 16.6. The number of fused-ring (bicyclic) bond motifs is 5. The zero-order chi connectivity index (χ0) is 20.4. The molecular formula is C25H36N2O2. The van der Waals surface area contributed by atoms with Crippen LogP contribution >= 0.6 is 0 Å². The van der Waals surface area contributed by atoms with Gasteiger partial charge in [-0.2, -0.15) is 0 Å². The lowest BCUT2D eigenvalue weighted by atomic mass is 9.47. The normalized spacial score (nSPS) is 48.2. The number of rotatable bonds is 2. The van der Waals surface area contributed by atoms with E-state index in [1.807, 2.05) is 0 Å². The first kappa shape index (κ1) is 19.5. The molecule has 5 aliphatic rings. The van der Waals surface area contributed by atoms with E-state index in [0.29, 0.717) is 23.5 Å². The molecule has 29 heavy (non-hydrogen) atoms. The van der Waals surface area contributed by atoms with Crippen LogP contribution in [-0.2, 0) is 9.63 Å². The molecule has 7 atom stereocenters. The average Bonchev–Trinajstić information content (AvgIpc) is 3.29. The van der Waals surface area contributed by atoms with Crippen molar-refractivity contribution < 1.29 is 9.63 Å². The minimum absolute atomic E-state index is 0.0944. The Labute approximate surface area is 175 Å². The van der Waals surface area contributed by atoms with Crippen LogP contribution in [0.4, 0.5) is 0 Å². The molecule has 5 unspecified atom stereocenters. The molecule has 4 nitrogen and oxygen atoms in total. The molecular weight excluding hydrogens is 360 g/mol. The molecule has 158 valence electrons. The molecule has 1 saturated heterocycles. The third kappa shape index (κ3) is 2.89. The molecule has 0 amide bonds. The van der Waals surface area contributed by atoms with Crippen LogP contribution in [0.25, 0.3) is 0 Å². The van der Waals surface area contributed by atoms with Crippen molar-refractivity contribution in [3.63, 3.8) is 0 Å². The number of oxime groups is 1. The van der Waals surface area contributed by atoms with Crippen LogP contribution in [-0.4, -0.2) is 30.7 Å². The zero-order valence-electron chi connectivity index (χ0n) is 18.3. The van der Waals surface area contributed by atoms with Gasteiger partial charge in [-0.05, 0) is 79.9 Å². The number of ketones is 1. The van der Waals surface area contributed by atoms with Crippen LogP contribution in [0, 0.1) is 34.5 Å². The third-order valence-electron chi connectivity index (χ3n) is 9.29. The zero-order valence-corrected chi connectivity index (χ0v) is 18.3. The molecule has 0 aromatic carbocycles. The van der Waals surface area contributed by atoms with Crippen LogP contribution in [0.3, 0.4) is 0 Å². The molecule has 4 aliphatic carbocycles. The van der Waals surface area contributed by atoms with Gasteiger partial charge in [-0.25, -0.2) is 0 Å². The van der Waals surface area contributed by atoms with Gasteiger partial charge in [0.25, 0.3) is 0 Å². The van der Waals surface area contributed by atoms with Gasteiger partial charge in [0.2, 0.25) is 0 Å². The fourth-order valence-electron chi connectivity index (χ4n) is 7.62. The van der Waals surface area contributed by atoms with Crippen molar-refractivity contribution >= 4 is 11.5 Å². The number of hydrogen-bond donors (Lipinski definition) is 1. The fourth-order valence-corrected chi connectivity index (χ4v) is 7.62. The van der Waals surface area contributed by atoms with E-state index >= 15 is 0 Å². The summed E-state index contributed by atoms with van der Waals surface area (Å²) in [6, 6.07) is 0. The van der Waals surface area contributed by atoms with Crippen LogP contribution in [0.2, 0.25) is 0 Å². The topological polar surface area (TPSA) is 50.7 Å². The highest BCUT2D eigenvalue weighted by Gasteiger charge is 2.61. The van der Waals surface area contributed by atoms with Gasteiger partial charge in [-0.1, -0.05) is 38.1 Å². The van der Waals surface area contributed by atoms with E-state index in [9.17, 15) is 4.79 Å².